The van der Waals surface area contributed by atoms with Crippen molar-refractivity contribution >= 4 is 22.5 Å². The van der Waals surface area contributed by atoms with Gasteiger partial charge in [-0.2, -0.15) is 0 Å². The monoisotopic (exact) mass is 388 g/mol. The zero-order valence-corrected chi connectivity index (χ0v) is 17.0. The maximum Gasteiger partial charge on any atom is 0.270 e. The largest absolute Gasteiger partial charge is 0.368 e. The first-order valence-electron chi connectivity index (χ1n) is 10.4. The zero-order valence-electron chi connectivity index (χ0n) is 17.0. The summed E-state index contributed by atoms with van der Waals surface area (Å²) in [6.45, 7) is 5.84. The second-order valence-electron chi connectivity index (χ2n) is 7.80. The molecular formula is C24H28N4O. The second-order valence-corrected chi connectivity index (χ2v) is 7.80. The van der Waals surface area contributed by atoms with Gasteiger partial charge < -0.3 is 16.0 Å². The number of carbonyl (C=O) groups excluding carboxylic acids is 1. The SMILES string of the molecule is Cc1ccc(NC[C@H]2CCCN2)nc1C(=O)N[C@H](C)c1cccc2ccccc12. The minimum atomic E-state index is -0.148. The highest BCUT2D eigenvalue weighted by Gasteiger charge is 2.18. The van der Waals surface area contributed by atoms with Gasteiger partial charge in [0.15, 0.2) is 0 Å². The molecule has 0 spiro atoms. The van der Waals surface area contributed by atoms with Crippen LogP contribution in [0.5, 0.6) is 0 Å². The molecule has 4 rings (SSSR count). The summed E-state index contributed by atoms with van der Waals surface area (Å²) in [4.78, 5) is 17.6. The van der Waals surface area contributed by atoms with Crippen molar-refractivity contribution in [1.82, 2.24) is 15.6 Å². The van der Waals surface area contributed by atoms with E-state index in [1.807, 2.05) is 44.2 Å². The molecule has 1 saturated heterocycles. The van der Waals surface area contributed by atoms with E-state index in [4.69, 9.17) is 0 Å². The minimum Gasteiger partial charge on any atom is -0.368 e. The number of hydrogen-bond donors (Lipinski definition) is 3. The third kappa shape index (κ3) is 4.40. The molecule has 0 saturated carbocycles. The lowest BCUT2D eigenvalue weighted by atomic mass is 9.99. The normalized spacial score (nSPS) is 17.2. The van der Waals surface area contributed by atoms with E-state index in [1.165, 1.54) is 18.2 Å². The molecular weight excluding hydrogens is 360 g/mol. The van der Waals surface area contributed by atoms with Crippen LogP contribution in [0.1, 0.15) is 47.4 Å². The maximum atomic E-state index is 13.0. The van der Waals surface area contributed by atoms with Gasteiger partial charge in [-0.25, -0.2) is 4.98 Å². The average molecular weight is 389 g/mol. The number of benzene rings is 2. The van der Waals surface area contributed by atoms with Gasteiger partial charge in [-0.05, 0) is 61.2 Å². The van der Waals surface area contributed by atoms with Gasteiger partial charge in [0.2, 0.25) is 0 Å². The Morgan fingerprint density at radius 1 is 1.17 bits per heavy atom. The summed E-state index contributed by atoms with van der Waals surface area (Å²) in [5, 5.41) is 12.3. The molecule has 2 aromatic carbocycles. The first-order valence-corrected chi connectivity index (χ1v) is 10.4. The molecule has 2 atom stereocenters. The van der Waals surface area contributed by atoms with Crippen LogP contribution in [-0.2, 0) is 0 Å². The highest BCUT2D eigenvalue weighted by Crippen LogP contribution is 2.24. The Balaban J connectivity index is 1.49. The predicted octanol–water partition coefficient (Wildman–Crippen LogP) is 4.20. The highest BCUT2D eigenvalue weighted by atomic mass is 16.1. The lowest BCUT2D eigenvalue weighted by Gasteiger charge is -2.18. The van der Waals surface area contributed by atoms with Crippen LogP contribution in [0.15, 0.2) is 54.6 Å². The van der Waals surface area contributed by atoms with Gasteiger partial charge in [-0.1, -0.05) is 48.5 Å². The van der Waals surface area contributed by atoms with Crippen molar-refractivity contribution in [2.45, 2.75) is 38.8 Å². The van der Waals surface area contributed by atoms with Crippen molar-refractivity contribution in [3.63, 3.8) is 0 Å². The number of nitrogens with zero attached hydrogens (tertiary/aromatic N) is 1. The Morgan fingerprint density at radius 2 is 2.00 bits per heavy atom. The quantitative estimate of drug-likeness (QED) is 0.592. The molecule has 1 aliphatic heterocycles. The molecule has 1 fully saturated rings. The second kappa shape index (κ2) is 8.62. The molecule has 5 heteroatoms. The van der Waals surface area contributed by atoms with Gasteiger partial charge in [0.1, 0.15) is 11.5 Å². The first kappa shape index (κ1) is 19.4. The Hall–Kier alpha value is -2.92. The van der Waals surface area contributed by atoms with Gasteiger partial charge >= 0.3 is 0 Å². The molecule has 1 aromatic heterocycles. The van der Waals surface area contributed by atoms with Gasteiger partial charge in [-0.3, -0.25) is 4.79 Å². The molecule has 0 unspecified atom stereocenters. The van der Waals surface area contributed by atoms with Gasteiger partial charge in [0.05, 0.1) is 6.04 Å². The van der Waals surface area contributed by atoms with Gasteiger partial charge in [0.25, 0.3) is 5.91 Å². The summed E-state index contributed by atoms with van der Waals surface area (Å²) in [6, 6.07) is 18.7. The molecule has 3 aromatic rings. The lowest BCUT2D eigenvalue weighted by Crippen LogP contribution is -2.30. The molecule has 0 bridgehead atoms. The van der Waals surface area contributed by atoms with Crippen LogP contribution < -0.4 is 16.0 Å². The highest BCUT2D eigenvalue weighted by molar-refractivity contribution is 5.95. The van der Waals surface area contributed by atoms with Crippen molar-refractivity contribution < 1.29 is 4.79 Å². The molecule has 0 radical (unpaired) electrons. The average Bonchev–Trinajstić information content (AvgIpc) is 3.26. The van der Waals surface area contributed by atoms with Crippen molar-refractivity contribution in [3.8, 4) is 0 Å². The molecule has 150 valence electrons. The summed E-state index contributed by atoms with van der Waals surface area (Å²) in [7, 11) is 0. The van der Waals surface area contributed by atoms with Crippen LogP contribution in [0.25, 0.3) is 10.8 Å². The van der Waals surface area contributed by atoms with Crippen molar-refractivity contribution in [3.05, 3.63) is 71.4 Å². The summed E-state index contributed by atoms with van der Waals surface area (Å²) < 4.78 is 0. The molecule has 2 heterocycles. The Bertz CT molecular complexity index is 1010. The fraction of sp³-hybridized carbons (Fsp3) is 0.333. The van der Waals surface area contributed by atoms with Crippen LogP contribution >= 0.6 is 0 Å². The number of hydrogen-bond acceptors (Lipinski definition) is 4. The number of carbonyl (C=O) groups is 1. The van der Waals surface area contributed by atoms with Gasteiger partial charge in [0, 0.05) is 12.6 Å². The minimum absolute atomic E-state index is 0.117. The van der Waals surface area contributed by atoms with Crippen LogP contribution in [0.2, 0.25) is 0 Å². The lowest BCUT2D eigenvalue weighted by molar-refractivity contribution is 0.0934. The zero-order chi connectivity index (χ0) is 20.2. The fourth-order valence-electron chi connectivity index (χ4n) is 3.99. The van der Waals surface area contributed by atoms with Crippen LogP contribution in [0.3, 0.4) is 0 Å². The fourth-order valence-corrected chi connectivity index (χ4v) is 3.99. The van der Waals surface area contributed by atoms with E-state index in [0.717, 1.165) is 35.4 Å². The van der Waals surface area contributed by atoms with Gasteiger partial charge in [-0.15, -0.1) is 0 Å². The number of anilines is 1. The van der Waals surface area contributed by atoms with Crippen LogP contribution in [0.4, 0.5) is 5.82 Å². The maximum absolute atomic E-state index is 13.0. The molecule has 1 amide bonds. The summed E-state index contributed by atoms with van der Waals surface area (Å²) in [5.74, 6) is 0.595. The molecule has 29 heavy (non-hydrogen) atoms. The van der Waals surface area contributed by atoms with E-state index < -0.39 is 0 Å². The number of rotatable bonds is 6. The van der Waals surface area contributed by atoms with E-state index >= 15 is 0 Å². The van der Waals surface area contributed by atoms with Crippen molar-refractivity contribution in [2.75, 3.05) is 18.4 Å². The van der Waals surface area contributed by atoms with E-state index in [0.29, 0.717) is 11.7 Å². The third-order valence-corrected chi connectivity index (χ3v) is 5.64. The van der Waals surface area contributed by atoms with E-state index in [9.17, 15) is 4.79 Å². The summed E-state index contributed by atoms with van der Waals surface area (Å²) >= 11 is 0. The smallest absolute Gasteiger partial charge is 0.270 e. The van der Waals surface area contributed by atoms with Crippen molar-refractivity contribution in [2.24, 2.45) is 0 Å². The number of fused-ring (bicyclic) bond motifs is 1. The van der Waals surface area contributed by atoms with E-state index in [2.05, 4.69) is 45.2 Å². The predicted molar refractivity (Wildman–Crippen MR) is 118 cm³/mol. The molecule has 3 N–H and O–H groups in total. The molecule has 1 aliphatic rings. The Morgan fingerprint density at radius 3 is 2.83 bits per heavy atom. The first-order chi connectivity index (χ1) is 14.1. The topological polar surface area (TPSA) is 66.0 Å². The van der Waals surface area contributed by atoms with Crippen LogP contribution in [0, 0.1) is 6.92 Å². The van der Waals surface area contributed by atoms with E-state index in [1.54, 1.807) is 0 Å². The number of amides is 1. The number of pyridine rings is 1. The number of nitrogens with one attached hydrogen (secondary N) is 3. The number of aromatic nitrogens is 1. The molecule has 0 aliphatic carbocycles. The van der Waals surface area contributed by atoms with Crippen LogP contribution in [-0.4, -0.2) is 30.0 Å². The number of aryl methyl sites for hydroxylation is 1. The Labute approximate surface area is 171 Å². The summed E-state index contributed by atoms with van der Waals surface area (Å²) in [6.07, 6.45) is 2.39. The Kier molecular flexibility index (Phi) is 5.76. The standard InChI is InChI=1S/C24H28N4O/c1-16-12-13-22(26-15-19-9-6-14-25-19)28-23(16)24(29)27-17(2)20-11-5-8-18-7-3-4-10-21(18)20/h3-5,7-8,10-13,17,19,25H,6,9,14-15H2,1-2H3,(H,26,28)(H,27,29)/t17-,19-/m1/s1. The molecule has 5 nitrogen and oxygen atoms in total. The third-order valence-electron chi connectivity index (χ3n) is 5.64. The van der Waals surface area contributed by atoms with Crippen molar-refractivity contribution in [1.29, 1.82) is 0 Å². The summed E-state index contributed by atoms with van der Waals surface area (Å²) in [5.41, 5.74) is 2.45. The van der Waals surface area contributed by atoms with E-state index in [-0.39, 0.29) is 11.9 Å².